The van der Waals surface area contributed by atoms with Gasteiger partial charge in [-0.1, -0.05) is 11.8 Å². The van der Waals surface area contributed by atoms with Crippen LogP contribution in [0.25, 0.3) is 11.2 Å². The molecule has 0 bridgehead atoms. The van der Waals surface area contributed by atoms with Crippen LogP contribution in [-0.4, -0.2) is 37.4 Å². The van der Waals surface area contributed by atoms with Crippen LogP contribution in [0, 0.1) is 0 Å². The molecule has 0 spiro atoms. The summed E-state index contributed by atoms with van der Waals surface area (Å²) in [7, 11) is 0. The van der Waals surface area contributed by atoms with Crippen molar-refractivity contribution in [3.63, 3.8) is 0 Å². The highest BCUT2D eigenvalue weighted by Crippen LogP contribution is 2.43. The van der Waals surface area contributed by atoms with Crippen LogP contribution in [0.3, 0.4) is 0 Å². The number of imidazole rings is 1. The summed E-state index contributed by atoms with van der Waals surface area (Å²) in [5.41, 5.74) is 8.49. The van der Waals surface area contributed by atoms with Crippen molar-refractivity contribution >= 4 is 50.6 Å². The number of nitrogens with two attached hydrogens (primary N) is 1. The van der Waals surface area contributed by atoms with Crippen molar-refractivity contribution in [2.75, 3.05) is 12.5 Å². The van der Waals surface area contributed by atoms with Gasteiger partial charge in [-0.05, 0) is 28.1 Å². The highest BCUT2D eigenvalue weighted by atomic mass is 79.9. The van der Waals surface area contributed by atoms with Gasteiger partial charge in [-0.15, -0.1) is 0 Å². The molecular formula is C15H13BrN6O4S. The number of amides is 1. The molecule has 10 nitrogen and oxygen atoms in total. The van der Waals surface area contributed by atoms with E-state index in [0.717, 1.165) is 9.37 Å². The lowest BCUT2D eigenvalue weighted by Gasteiger charge is -2.09. The number of rotatable bonds is 5. The fourth-order valence-corrected chi connectivity index (χ4v) is 4.07. The Kier molecular flexibility index (Phi) is 4.76. The largest absolute Gasteiger partial charge is 0.454 e. The normalized spacial score (nSPS) is 12.5. The maximum absolute atomic E-state index is 11.5. The Labute approximate surface area is 165 Å². The molecule has 140 valence electrons. The van der Waals surface area contributed by atoms with Crippen LogP contribution >= 0.6 is 27.7 Å². The third-order valence-corrected chi connectivity index (χ3v) is 5.81. The molecule has 4 N–H and O–H groups in total. The Hall–Kier alpha value is -2.57. The summed E-state index contributed by atoms with van der Waals surface area (Å²) < 4.78 is 13.4. The van der Waals surface area contributed by atoms with Crippen LogP contribution in [0.1, 0.15) is 6.42 Å². The first-order valence-electron chi connectivity index (χ1n) is 7.73. The molecular weight excluding hydrogens is 440 g/mol. The predicted octanol–water partition coefficient (Wildman–Crippen LogP) is 1.95. The molecule has 0 atom stereocenters. The molecule has 0 aliphatic carbocycles. The minimum Gasteiger partial charge on any atom is -0.454 e. The molecule has 3 heterocycles. The van der Waals surface area contributed by atoms with Gasteiger partial charge in [-0.2, -0.15) is 0 Å². The molecule has 12 heteroatoms. The van der Waals surface area contributed by atoms with Gasteiger partial charge >= 0.3 is 0 Å². The Bertz CT molecular complexity index is 1040. The Morgan fingerprint density at radius 1 is 1.37 bits per heavy atom. The topological polar surface area (TPSA) is 137 Å². The maximum Gasteiger partial charge on any atom is 0.245 e. The zero-order chi connectivity index (χ0) is 19.0. The van der Waals surface area contributed by atoms with Gasteiger partial charge in [0.1, 0.15) is 6.33 Å². The molecule has 3 aromatic rings. The number of ether oxygens (including phenoxy) is 2. The summed E-state index contributed by atoms with van der Waals surface area (Å²) in [6.45, 7) is 0.431. The zero-order valence-corrected chi connectivity index (χ0v) is 16.1. The van der Waals surface area contributed by atoms with Crippen molar-refractivity contribution < 1.29 is 19.5 Å². The van der Waals surface area contributed by atoms with E-state index in [2.05, 4.69) is 30.9 Å². The van der Waals surface area contributed by atoms with Gasteiger partial charge in [0.2, 0.25) is 12.7 Å². The number of carbonyl (C=O) groups excluding carboxylic acids is 1. The summed E-state index contributed by atoms with van der Waals surface area (Å²) >= 11 is 4.87. The molecule has 0 fully saturated rings. The molecule has 27 heavy (non-hydrogen) atoms. The Balaban J connectivity index is 1.74. The van der Waals surface area contributed by atoms with Gasteiger partial charge in [0.05, 0.1) is 0 Å². The van der Waals surface area contributed by atoms with Gasteiger partial charge < -0.3 is 19.8 Å². The minimum atomic E-state index is -0.515. The molecule has 1 aliphatic heterocycles. The fourth-order valence-electron chi connectivity index (χ4n) is 2.56. The van der Waals surface area contributed by atoms with Crippen LogP contribution in [-0.2, 0) is 11.3 Å². The fraction of sp³-hybridized carbons (Fsp3) is 0.200. The molecule has 4 rings (SSSR count). The number of hydrogen-bond donors (Lipinski definition) is 3. The number of carbonyl (C=O) groups is 1. The van der Waals surface area contributed by atoms with Crippen molar-refractivity contribution in [2.24, 2.45) is 0 Å². The van der Waals surface area contributed by atoms with Crippen LogP contribution < -0.4 is 20.7 Å². The first-order valence-corrected chi connectivity index (χ1v) is 9.34. The van der Waals surface area contributed by atoms with Gasteiger partial charge in [0.25, 0.3) is 0 Å². The lowest BCUT2D eigenvalue weighted by Crippen LogP contribution is -2.20. The van der Waals surface area contributed by atoms with Crippen molar-refractivity contribution in [1.29, 1.82) is 0 Å². The second-order valence-corrected chi connectivity index (χ2v) is 7.36. The van der Waals surface area contributed by atoms with E-state index < -0.39 is 5.91 Å². The number of anilines is 1. The number of hydrogen-bond acceptors (Lipinski definition) is 9. The number of nitrogens with one attached hydrogen (secondary N) is 1. The summed E-state index contributed by atoms with van der Waals surface area (Å²) in [4.78, 5) is 25.0. The molecule has 0 saturated carbocycles. The van der Waals surface area contributed by atoms with Crippen LogP contribution in [0.2, 0.25) is 0 Å². The number of aryl methyl sites for hydroxylation is 1. The third-order valence-electron chi connectivity index (χ3n) is 3.84. The van der Waals surface area contributed by atoms with E-state index in [9.17, 15) is 4.79 Å². The maximum atomic E-state index is 11.5. The number of nitrogens with zero attached hydrogens (tertiary/aromatic N) is 4. The summed E-state index contributed by atoms with van der Waals surface area (Å²) in [5.74, 6) is 1.04. The highest BCUT2D eigenvalue weighted by Gasteiger charge is 2.21. The number of fused-ring (bicyclic) bond motifs is 2. The first-order chi connectivity index (χ1) is 13.1. The smallest absolute Gasteiger partial charge is 0.245 e. The van der Waals surface area contributed by atoms with E-state index in [4.69, 9.17) is 20.4 Å². The van der Waals surface area contributed by atoms with Gasteiger partial charge in [-0.3, -0.25) is 10.0 Å². The van der Waals surface area contributed by atoms with E-state index in [0.29, 0.717) is 27.8 Å². The van der Waals surface area contributed by atoms with Gasteiger partial charge in [0.15, 0.2) is 33.6 Å². The van der Waals surface area contributed by atoms with Crippen molar-refractivity contribution in [3.8, 4) is 11.5 Å². The van der Waals surface area contributed by atoms with E-state index >= 15 is 0 Å². The number of nitrogen functional groups attached to an aromatic ring is 1. The SMILES string of the molecule is Nc1ncnc2c1nc(Sc1cc3c(cc1Br)OCO3)n2CCC(=O)NO. The average molecular weight is 453 g/mol. The molecule has 0 saturated heterocycles. The molecule has 1 aliphatic rings. The van der Waals surface area contributed by atoms with Crippen LogP contribution in [0.15, 0.2) is 33.0 Å². The lowest BCUT2D eigenvalue weighted by atomic mass is 10.3. The predicted molar refractivity (Wildman–Crippen MR) is 98.7 cm³/mol. The second-order valence-electron chi connectivity index (χ2n) is 5.50. The van der Waals surface area contributed by atoms with Crippen molar-refractivity contribution in [1.82, 2.24) is 25.0 Å². The van der Waals surface area contributed by atoms with E-state index in [1.54, 1.807) is 10.0 Å². The number of benzene rings is 1. The first kappa shape index (κ1) is 17.8. The highest BCUT2D eigenvalue weighted by molar-refractivity contribution is 9.10. The summed E-state index contributed by atoms with van der Waals surface area (Å²) in [5, 5.41) is 9.32. The number of halogens is 1. The average Bonchev–Trinajstić information content (AvgIpc) is 3.25. The Morgan fingerprint density at radius 2 is 2.15 bits per heavy atom. The van der Waals surface area contributed by atoms with Crippen molar-refractivity contribution in [2.45, 2.75) is 23.0 Å². The molecule has 1 amide bonds. The second kappa shape index (κ2) is 7.21. The summed E-state index contributed by atoms with van der Waals surface area (Å²) in [6, 6.07) is 3.67. The van der Waals surface area contributed by atoms with Crippen LogP contribution in [0.5, 0.6) is 11.5 Å². The van der Waals surface area contributed by atoms with Crippen molar-refractivity contribution in [3.05, 3.63) is 22.9 Å². The molecule has 2 aromatic heterocycles. The zero-order valence-electron chi connectivity index (χ0n) is 13.7. The van der Waals surface area contributed by atoms with E-state index in [1.807, 2.05) is 12.1 Å². The number of hydroxylamine groups is 1. The standard InChI is InChI=1S/C15H13BrN6O4S/c16-7-3-8-9(26-6-25-8)4-10(7)27-15-20-12-13(17)18-5-19-14(12)22(15)2-1-11(23)21-24/h3-5,24H,1-2,6H2,(H,21,23)(H2,17,18,19). The van der Waals surface area contributed by atoms with E-state index in [1.165, 1.54) is 18.1 Å². The Morgan fingerprint density at radius 3 is 2.93 bits per heavy atom. The number of aromatic nitrogens is 4. The quantitative estimate of drug-likeness (QED) is 0.391. The van der Waals surface area contributed by atoms with E-state index in [-0.39, 0.29) is 25.6 Å². The van der Waals surface area contributed by atoms with Crippen LogP contribution in [0.4, 0.5) is 5.82 Å². The third kappa shape index (κ3) is 3.38. The molecule has 0 unspecified atom stereocenters. The molecule has 0 radical (unpaired) electrons. The monoisotopic (exact) mass is 452 g/mol. The molecule has 1 aromatic carbocycles. The minimum absolute atomic E-state index is 0.0434. The van der Waals surface area contributed by atoms with Gasteiger partial charge in [-0.25, -0.2) is 20.4 Å². The summed E-state index contributed by atoms with van der Waals surface area (Å²) in [6.07, 6.45) is 1.38. The lowest BCUT2D eigenvalue weighted by molar-refractivity contribution is -0.129. The van der Waals surface area contributed by atoms with Gasteiger partial charge in [0, 0.05) is 22.3 Å².